The number of nitrogens with zero attached hydrogens (tertiary/aromatic N) is 3. The minimum absolute atomic E-state index is 0.0763. The van der Waals surface area contributed by atoms with Crippen LogP contribution in [0.1, 0.15) is 21.7 Å². The van der Waals surface area contributed by atoms with E-state index in [1.54, 1.807) is 17.0 Å². The zero-order valence-electron chi connectivity index (χ0n) is 14.0. The van der Waals surface area contributed by atoms with Crippen molar-refractivity contribution in [2.75, 3.05) is 13.2 Å². The Morgan fingerprint density at radius 3 is 2.44 bits per heavy atom. The fourth-order valence-electron chi connectivity index (χ4n) is 2.59. The molecule has 0 bridgehead atoms. The SMILES string of the molecule is Cc1nc(-c2ccc(C(=O)N(CCO)Cc3ccccc3)cc2)n[nH]1. The summed E-state index contributed by atoms with van der Waals surface area (Å²) >= 11 is 0. The number of rotatable bonds is 6. The van der Waals surface area contributed by atoms with Gasteiger partial charge in [-0.15, -0.1) is 0 Å². The Bertz CT molecular complexity index is 828. The molecule has 128 valence electrons. The Hall–Kier alpha value is -2.99. The number of aliphatic hydroxyl groups is 1. The number of carbonyl (C=O) groups is 1. The number of benzene rings is 2. The van der Waals surface area contributed by atoms with Gasteiger partial charge in [0.2, 0.25) is 0 Å². The van der Waals surface area contributed by atoms with Crippen molar-refractivity contribution in [3.63, 3.8) is 0 Å². The molecule has 0 spiro atoms. The summed E-state index contributed by atoms with van der Waals surface area (Å²) < 4.78 is 0. The lowest BCUT2D eigenvalue weighted by Crippen LogP contribution is -2.33. The van der Waals surface area contributed by atoms with Crippen LogP contribution in [-0.4, -0.2) is 44.2 Å². The third kappa shape index (κ3) is 4.10. The number of nitrogens with one attached hydrogen (secondary N) is 1. The highest BCUT2D eigenvalue weighted by molar-refractivity contribution is 5.94. The molecule has 1 amide bonds. The quantitative estimate of drug-likeness (QED) is 0.724. The zero-order valence-corrected chi connectivity index (χ0v) is 14.0. The molecule has 3 rings (SSSR count). The van der Waals surface area contributed by atoms with Gasteiger partial charge in [-0.25, -0.2) is 4.98 Å². The molecule has 0 saturated heterocycles. The molecule has 25 heavy (non-hydrogen) atoms. The Morgan fingerprint density at radius 1 is 1.12 bits per heavy atom. The van der Waals surface area contributed by atoms with Crippen LogP contribution in [0.4, 0.5) is 0 Å². The first kappa shape index (κ1) is 16.9. The second-order valence-corrected chi connectivity index (χ2v) is 5.76. The number of H-pyrrole nitrogens is 1. The highest BCUT2D eigenvalue weighted by Crippen LogP contribution is 2.17. The summed E-state index contributed by atoms with van der Waals surface area (Å²) in [6.07, 6.45) is 0. The van der Waals surface area contributed by atoms with Crippen LogP contribution in [-0.2, 0) is 6.54 Å². The van der Waals surface area contributed by atoms with Gasteiger partial charge in [-0.05, 0) is 24.6 Å². The van der Waals surface area contributed by atoms with Crippen molar-refractivity contribution in [2.45, 2.75) is 13.5 Å². The molecular weight excluding hydrogens is 316 g/mol. The number of hydrogen-bond donors (Lipinski definition) is 2. The van der Waals surface area contributed by atoms with Crippen LogP contribution in [0.15, 0.2) is 54.6 Å². The van der Waals surface area contributed by atoms with E-state index in [1.807, 2.05) is 49.4 Å². The molecular formula is C19H20N4O2. The van der Waals surface area contributed by atoms with Crippen molar-refractivity contribution in [2.24, 2.45) is 0 Å². The predicted octanol–water partition coefficient (Wildman–Crippen LogP) is 2.41. The van der Waals surface area contributed by atoms with Crippen molar-refractivity contribution in [1.29, 1.82) is 0 Å². The van der Waals surface area contributed by atoms with Gasteiger partial charge in [0.05, 0.1) is 6.61 Å². The molecule has 0 fully saturated rings. The number of aryl methyl sites for hydroxylation is 1. The van der Waals surface area contributed by atoms with E-state index in [2.05, 4.69) is 15.2 Å². The number of aromatic amines is 1. The third-order valence-electron chi connectivity index (χ3n) is 3.86. The highest BCUT2D eigenvalue weighted by atomic mass is 16.3. The Kier molecular flexibility index (Phi) is 5.20. The van der Waals surface area contributed by atoms with E-state index in [-0.39, 0.29) is 19.1 Å². The van der Waals surface area contributed by atoms with Crippen molar-refractivity contribution >= 4 is 5.91 Å². The van der Waals surface area contributed by atoms with Crippen molar-refractivity contribution in [3.8, 4) is 11.4 Å². The molecule has 0 atom stereocenters. The predicted molar refractivity (Wildman–Crippen MR) is 94.8 cm³/mol. The van der Waals surface area contributed by atoms with E-state index in [4.69, 9.17) is 0 Å². The Morgan fingerprint density at radius 2 is 1.84 bits per heavy atom. The lowest BCUT2D eigenvalue weighted by molar-refractivity contribution is 0.0708. The molecule has 0 unspecified atom stereocenters. The summed E-state index contributed by atoms with van der Waals surface area (Å²) in [5.41, 5.74) is 2.44. The molecule has 6 nitrogen and oxygen atoms in total. The summed E-state index contributed by atoms with van der Waals surface area (Å²) in [5, 5.41) is 16.2. The second-order valence-electron chi connectivity index (χ2n) is 5.76. The monoisotopic (exact) mass is 336 g/mol. The largest absolute Gasteiger partial charge is 0.395 e. The maximum atomic E-state index is 12.8. The number of amides is 1. The molecule has 1 aromatic heterocycles. The average molecular weight is 336 g/mol. The van der Waals surface area contributed by atoms with Gasteiger partial charge in [0.15, 0.2) is 5.82 Å². The second kappa shape index (κ2) is 7.72. The summed E-state index contributed by atoms with van der Waals surface area (Å²) in [6, 6.07) is 16.9. The maximum absolute atomic E-state index is 12.8. The summed E-state index contributed by atoms with van der Waals surface area (Å²) in [5.74, 6) is 1.23. The number of hydrogen-bond acceptors (Lipinski definition) is 4. The van der Waals surface area contributed by atoms with Crippen LogP contribution >= 0.6 is 0 Å². The fourth-order valence-corrected chi connectivity index (χ4v) is 2.59. The van der Waals surface area contributed by atoms with Gasteiger partial charge < -0.3 is 10.0 Å². The first-order chi connectivity index (χ1) is 12.2. The van der Waals surface area contributed by atoms with Gasteiger partial charge in [0.25, 0.3) is 5.91 Å². The van der Waals surface area contributed by atoms with E-state index in [0.29, 0.717) is 17.9 Å². The van der Waals surface area contributed by atoms with Crippen molar-refractivity contribution in [3.05, 3.63) is 71.5 Å². The van der Waals surface area contributed by atoms with E-state index in [1.165, 1.54) is 0 Å². The highest BCUT2D eigenvalue weighted by Gasteiger charge is 2.16. The summed E-state index contributed by atoms with van der Waals surface area (Å²) in [6.45, 7) is 2.51. The molecule has 1 heterocycles. The van der Waals surface area contributed by atoms with Gasteiger partial charge in [-0.1, -0.05) is 42.5 Å². The first-order valence-corrected chi connectivity index (χ1v) is 8.11. The van der Waals surface area contributed by atoms with Crippen LogP contribution in [0.5, 0.6) is 0 Å². The standard InChI is InChI=1S/C19H20N4O2/c1-14-20-18(22-21-14)16-7-9-17(10-8-16)19(25)23(11-12-24)13-15-5-3-2-4-6-15/h2-10,24H,11-13H2,1H3,(H,20,21,22). The maximum Gasteiger partial charge on any atom is 0.254 e. The molecule has 0 saturated carbocycles. The minimum atomic E-state index is -0.115. The minimum Gasteiger partial charge on any atom is -0.395 e. The lowest BCUT2D eigenvalue weighted by atomic mass is 10.1. The number of aliphatic hydroxyl groups excluding tert-OH is 1. The van der Waals surface area contributed by atoms with Crippen LogP contribution in [0.25, 0.3) is 11.4 Å². The Balaban J connectivity index is 1.77. The van der Waals surface area contributed by atoms with E-state index in [0.717, 1.165) is 17.0 Å². The third-order valence-corrected chi connectivity index (χ3v) is 3.86. The van der Waals surface area contributed by atoms with Gasteiger partial charge in [0.1, 0.15) is 5.82 Å². The summed E-state index contributed by atoms with van der Waals surface area (Å²) in [4.78, 5) is 18.7. The fraction of sp³-hybridized carbons (Fsp3) is 0.211. The van der Waals surface area contributed by atoms with Crippen LogP contribution in [0, 0.1) is 6.92 Å². The smallest absolute Gasteiger partial charge is 0.254 e. The number of aromatic nitrogens is 3. The average Bonchev–Trinajstić information content (AvgIpc) is 3.08. The van der Waals surface area contributed by atoms with Crippen molar-refractivity contribution < 1.29 is 9.90 Å². The molecule has 0 aliphatic carbocycles. The van der Waals surface area contributed by atoms with Gasteiger partial charge in [-0.2, -0.15) is 5.10 Å². The summed E-state index contributed by atoms with van der Waals surface area (Å²) in [7, 11) is 0. The molecule has 0 aliphatic heterocycles. The zero-order chi connectivity index (χ0) is 17.6. The molecule has 2 N–H and O–H groups in total. The molecule has 2 aromatic carbocycles. The van der Waals surface area contributed by atoms with Crippen LogP contribution < -0.4 is 0 Å². The van der Waals surface area contributed by atoms with Crippen LogP contribution in [0.2, 0.25) is 0 Å². The normalized spacial score (nSPS) is 10.6. The first-order valence-electron chi connectivity index (χ1n) is 8.11. The molecule has 0 aliphatic rings. The van der Waals surface area contributed by atoms with Crippen molar-refractivity contribution in [1.82, 2.24) is 20.1 Å². The van der Waals surface area contributed by atoms with Gasteiger partial charge in [0, 0.05) is 24.2 Å². The molecule has 3 aromatic rings. The Labute approximate surface area is 146 Å². The number of carbonyl (C=O) groups excluding carboxylic acids is 1. The van der Waals surface area contributed by atoms with Gasteiger partial charge >= 0.3 is 0 Å². The van der Waals surface area contributed by atoms with E-state index >= 15 is 0 Å². The van der Waals surface area contributed by atoms with Gasteiger partial charge in [-0.3, -0.25) is 9.89 Å². The molecule has 6 heteroatoms. The molecule has 0 radical (unpaired) electrons. The van der Waals surface area contributed by atoms with Crippen LogP contribution in [0.3, 0.4) is 0 Å². The lowest BCUT2D eigenvalue weighted by Gasteiger charge is -2.22. The van der Waals surface area contributed by atoms with E-state index in [9.17, 15) is 9.90 Å². The van der Waals surface area contributed by atoms with E-state index < -0.39 is 0 Å². The topological polar surface area (TPSA) is 82.1 Å².